The minimum absolute atomic E-state index is 0.166. The van der Waals surface area contributed by atoms with E-state index < -0.39 is 11.9 Å². The van der Waals surface area contributed by atoms with E-state index in [1.165, 1.54) is 6.07 Å². The molecular formula is C6H6O4. The lowest BCUT2D eigenvalue weighted by atomic mass is 10.3. The van der Waals surface area contributed by atoms with Crippen molar-refractivity contribution in [2.45, 2.75) is 6.29 Å². The van der Waals surface area contributed by atoms with Crippen LogP contribution in [-0.2, 0) is 0 Å². The first kappa shape index (κ1) is 6.98. The number of aliphatic hydroxyl groups is 2. The molecule has 0 unspecified atom stereocenters. The van der Waals surface area contributed by atoms with Gasteiger partial charge in [0.05, 0.1) is 0 Å². The van der Waals surface area contributed by atoms with Gasteiger partial charge in [0.15, 0.2) is 6.29 Å². The van der Waals surface area contributed by atoms with Gasteiger partial charge in [-0.15, -0.1) is 0 Å². The fraction of sp³-hybridized carbons (Fsp3) is 0.167. The number of rotatable bonds is 1. The number of hydrogen-bond donors (Lipinski definition) is 2. The SMILES string of the molecule is O=c1ccc(C(O)O)co1. The van der Waals surface area contributed by atoms with Crippen LogP contribution >= 0.6 is 0 Å². The zero-order valence-corrected chi connectivity index (χ0v) is 5.02. The predicted octanol–water partition coefficient (Wildman–Crippen LogP) is -0.377. The second-order valence-corrected chi connectivity index (χ2v) is 1.76. The molecule has 0 fully saturated rings. The molecule has 0 amide bonds. The highest BCUT2D eigenvalue weighted by molar-refractivity contribution is 5.06. The molecule has 1 aromatic heterocycles. The van der Waals surface area contributed by atoms with Gasteiger partial charge in [0.2, 0.25) is 0 Å². The zero-order valence-electron chi connectivity index (χ0n) is 5.02. The lowest BCUT2D eigenvalue weighted by Crippen LogP contribution is -1.99. The summed E-state index contributed by atoms with van der Waals surface area (Å²) in [5, 5.41) is 17.0. The summed E-state index contributed by atoms with van der Waals surface area (Å²) < 4.78 is 4.34. The Balaban J connectivity index is 3.00. The molecule has 54 valence electrons. The van der Waals surface area contributed by atoms with E-state index >= 15 is 0 Å². The Labute approximate surface area is 56.4 Å². The standard InChI is InChI=1S/C6H6O4/c7-5-2-1-4(3-10-5)6(8)9/h1-3,6,8-9H. The molecular weight excluding hydrogens is 136 g/mol. The van der Waals surface area contributed by atoms with E-state index in [-0.39, 0.29) is 5.56 Å². The third-order valence-corrected chi connectivity index (χ3v) is 1.02. The molecule has 0 aromatic carbocycles. The Bertz CT molecular complexity index is 242. The van der Waals surface area contributed by atoms with Crippen LogP contribution in [0, 0.1) is 0 Å². The molecule has 0 spiro atoms. The Morgan fingerprint density at radius 1 is 1.40 bits per heavy atom. The molecule has 0 radical (unpaired) electrons. The molecule has 0 saturated heterocycles. The molecule has 0 saturated carbocycles. The predicted molar refractivity (Wildman–Crippen MR) is 32.2 cm³/mol. The lowest BCUT2D eigenvalue weighted by Gasteiger charge is -1.98. The van der Waals surface area contributed by atoms with E-state index in [1.807, 2.05) is 0 Å². The molecule has 4 nitrogen and oxygen atoms in total. The first-order valence-corrected chi connectivity index (χ1v) is 2.65. The summed E-state index contributed by atoms with van der Waals surface area (Å²) in [7, 11) is 0. The number of aliphatic hydroxyl groups excluding tert-OH is 1. The second-order valence-electron chi connectivity index (χ2n) is 1.76. The maximum absolute atomic E-state index is 10.3. The Kier molecular flexibility index (Phi) is 1.84. The summed E-state index contributed by atoms with van der Waals surface area (Å²) in [6.45, 7) is 0. The van der Waals surface area contributed by atoms with Gasteiger partial charge < -0.3 is 14.6 Å². The smallest absolute Gasteiger partial charge is 0.335 e. The van der Waals surface area contributed by atoms with Crippen LogP contribution in [-0.4, -0.2) is 10.2 Å². The average Bonchev–Trinajstić information content (AvgIpc) is 1.88. The van der Waals surface area contributed by atoms with E-state index in [1.54, 1.807) is 0 Å². The summed E-state index contributed by atoms with van der Waals surface area (Å²) >= 11 is 0. The first-order valence-electron chi connectivity index (χ1n) is 2.65. The minimum Gasteiger partial charge on any atom is -0.431 e. The van der Waals surface area contributed by atoms with Gasteiger partial charge in [0, 0.05) is 11.6 Å². The van der Waals surface area contributed by atoms with E-state index in [0.717, 1.165) is 12.3 Å². The Morgan fingerprint density at radius 3 is 2.50 bits per heavy atom. The van der Waals surface area contributed by atoms with Crippen molar-refractivity contribution in [2.24, 2.45) is 0 Å². The van der Waals surface area contributed by atoms with Crippen molar-refractivity contribution in [3.05, 3.63) is 34.4 Å². The molecule has 0 bridgehead atoms. The maximum atomic E-state index is 10.3. The van der Waals surface area contributed by atoms with Crippen LogP contribution in [0.2, 0.25) is 0 Å². The summed E-state index contributed by atoms with van der Waals surface area (Å²) in [4.78, 5) is 10.3. The molecule has 0 aliphatic heterocycles. The first-order chi connectivity index (χ1) is 4.70. The Morgan fingerprint density at radius 2 is 2.10 bits per heavy atom. The summed E-state index contributed by atoms with van der Waals surface area (Å²) in [6.07, 6.45) is -0.572. The van der Waals surface area contributed by atoms with Crippen molar-refractivity contribution in [1.29, 1.82) is 0 Å². The highest BCUT2D eigenvalue weighted by Crippen LogP contribution is 2.04. The average molecular weight is 142 g/mol. The third kappa shape index (κ3) is 1.43. The van der Waals surface area contributed by atoms with E-state index in [4.69, 9.17) is 10.2 Å². The van der Waals surface area contributed by atoms with Gasteiger partial charge in [-0.1, -0.05) is 0 Å². The molecule has 1 rings (SSSR count). The van der Waals surface area contributed by atoms with Crippen LogP contribution in [0.25, 0.3) is 0 Å². The van der Waals surface area contributed by atoms with Crippen LogP contribution in [0.1, 0.15) is 11.9 Å². The van der Waals surface area contributed by atoms with E-state index in [9.17, 15) is 4.79 Å². The molecule has 1 heterocycles. The van der Waals surface area contributed by atoms with Gasteiger partial charge in [-0.05, 0) is 6.07 Å². The highest BCUT2D eigenvalue weighted by atomic mass is 16.5. The monoisotopic (exact) mass is 142 g/mol. The molecule has 1 aromatic rings. The molecule has 0 aliphatic carbocycles. The summed E-state index contributed by atoms with van der Waals surface area (Å²) in [6, 6.07) is 2.41. The molecule has 0 atom stereocenters. The van der Waals surface area contributed by atoms with Gasteiger partial charge >= 0.3 is 5.63 Å². The van der Waals surface area contributed by atoms with Crippen LogP contribution in [0.5, 0.6) is 0 Å². The van der Waals surface area contributed by atoms with Crippen molar-refractivity contribution in [3.8, 4) is 0 Å². The summed E-state index contributed by atoms with van der Waals surface area (Å²) in [5.74, 6) is 0. The van der Waals surface area contributed by atoms with Crippen LogP contribution in [0.4, 0.5) is 0 Å². The van der Waals surface area contributed by atoms with Crippen LogP contribution in [0.3, 0.4) is 0 Å². The van der Waals surface area contributed by atoms with Crippen molar-refractivity contribution in [1.82, 2.24) is 0 Å². The minimum atomic E-state index is -1.58. The molecule has 2 N–H and O–H groups in total. The van der Waals surface area contributed by atoms with Crippen molar-refractivity contribution >= 4 is 0 Å². The molecule has 4 heteroatoms. The quantitative estimate of drug-likeness (QED) is 0.524. The summed E-state index contributed by atoms with van der Waals surface area (Å²) in [5.41, 5.74) is -0.344. The third-order valence-electron chi connectivity index (χ3n) is 1.02. The fourth-order valence-electron chi connectivity index (χ4n) is 0.516. The molecule has 0 aliphatic rings. The van der Waals surface area contributed by atoms with E-state index in [2.05, 4.69) is 4.42 Å². The second kappa shape index (κ2) is 2.64. The van der Waals surface area contributed by atoms with E-state index in [0.29, 0.717) is 0 Å². The fourth-order valence-corrected chi connectivity index (χ4v) is 0.516. The maximum Gasteiger partial charge on any atom is 0.335 e. The van der Waals surface area contributed by atoms with Gasteiger partial charge in [-0.2, -0.15) is 0 Å². The Hall–Kier alpha value is -1.13. The lowest BCUT2D eigenvalue weighted by molar-refractivity contribution is -0.0438. The van der Waals surface area contributed by atoms with Crippen molar-refractivity contribution in [2.75, 3.05) is 0 Å². The van der Waals surface area contributed by atoms with Gasteiger partial charge in [-0.3, -0.25) is 0 Å². The molecule has 10 heavy (non-hydrogen) atoms. The van der Waals surface area contributed by atoms with Crippen molar-refractivity contribution < 1.29 is 14.6 Å². The highest BCUT2D eigenvalue weighted by Gasteiger charge is 2.00. The zero-order chi connectivity index (χ0) is 7.56. The normalized spacial score (nSPS) is 10.3. The van der Waals surface area contributed by atoms with Crippen LogP contribution < -0.4 is 5.63 Å². The number of hydrogen-bond acceptors (Lipinski definition) is 4. The van der Waals surface area contributed by atoms with Gasteiger partial charge in [-0.25, -0.2) is 4.79 Å². The van der Waals surface area contributed by atoms with Gasteiger partial charge in [0.1, 0.15) is 6.26 Å². The van der Waals surface area contributed by atoms with Crippen LogP contribution in [0.15, 0.2) is 27.6 Å². The van der Waals surface area contributed by atoms with Gasteiger partial charge in [0.25, 0.3) is 0 Å². The largest absolute Gasteiger partial charge is 0.431 e. The topological polar surface area (TPSA) is 70.7 Å². The van der Waals surface area contributed by atoms with Crippen molar-refractivity contribution in [3.63, 3.8) is 0 Å².